The fraction of sp³-hybridized carbons (Fsp3) is 0.583. The molecule has 6 heteroatoms. The van der Waals surface area contributed by atoms with E-state index < -0.39 is 0 Å². The van der Waals surface area contributed by atoms with Crippen molar-refractivity contribution < 1.29 is 4.52 Å². The molecule has 1 fully saturated rings. The van der Waals surface area contributed by atoms with E-state index in [9.17, 15) is 0 Å². The molecule has 1 aliphatic heterocycles. The summed E-state index contributed by atoms with van der Waals surface area (Å²) in [7, 11) is 0. The third-order valence-corrected chi connectivity index (χ3v) is 3.69. The number of aromatic nitrogens is 3. The van der Waals surface area contributed by atoms with Gasteiger partial charge in [0, 0.05) is 19.1 Å². The minimum atomic E-state index is 0.218. The molecule has 0 radical (unpaired) electrons. The van der Waals surface area contributed by atoms with E-state index in [4.69, 9.17) is 10.3 Å². The van der Waals surface area contributed by atoms with Crippen LogP contribution >= 0.6 is 0 Å². The summed E-state index contributed by atoms with van der Waals surface area (Å²) in [6.07, 6.45) is 2.63. The molecule has 1 aliphatic rings. The highest BCUT2D eigenvalue weighted by Gasteiger charge is 2.28. The minimum Gasteiger partial charge on any atom is -0.355 e. The summed E-state index contributed by atoms with van der Waals surface area (Å²) in [4.78, 5) is 10.7. The van der Waals surface area contributed by atoms with Crippen LogP contribution in [0.1, 0.15) is 19.0 Å². The van der Waals surface area contributed by atoms with Crippen LogP contribution in [-0.2, 0) is 0 Å². The molecule has 3 heterocycles. The molecule has 0 saturated carbocycles. The van der Waals surface area contributed by atoms with Crippen LogP contribution in [0.2, 0.25) is 0 Å². The van der Waals surface area contributed by atoms with Crippen LogP contribution in [0.25, 0.3) is 11.1 Å². The maximum Gasteiger partial charge on any atom is 0.263 e. The van der Waals surface area contributed by atoms with Gasteiger partial charge in [-0.15, -0.1) is 0 Å². The zero-order valence-electron chi connectivity index (χ0n) is 10.6. The summed E-state index contributed by atoms with van der Waals surface area (Å²) < 4.78 is 5.17. The van der Waals surface area contributed by atoms with E-state index in [1.165, 1.54) is 6.33 Å². The predicted octanol–water partition coefficient (Wildman–Crippen LogP) is 1.10. The molecule has 96 valence electrons. The molecule has 2 N–H and O–H groups in total. The third-order valence-electron chi connectivity index (χ3n) is 3.69. The van der Waals surface area contributed by atoms with E-state index in [0.29, 0.717) is 11.6 Å². The second kappa shape index (κ2) is 4.20. The Labute approximate surface area is 105 Å². The molecule has 2 atom stereocenters. The smallest absolute Gasteiger partial charge is 0.263 e. The molecule has 6 nitrogen and oxygen atoms in total. The lowest BCUT2D eigenvalue weighted by atomic mass is 10.0. The normalized spacial score (nSPS) is 21.7. The highest BCUT2D eigenvalue weighted by atomic mass is 16.5. The monoisotopic (exact) mass is 247 g/mol. The summed E-state index contributed by atoms with van der Waals surface area (Å²) in [6.45, 7) is 5.89. The highest BCUT2D eigenvalue weighted by Crippen LogP contribution is 2.30. The van der Waals surface area contributed by atoms with Gasteiger partial charge >= 0.3 is 0 Å². The number of anilines is 1. The summed E-state index contributed by atoms with van der Waals surface area (Å²) >= 11 is 0. The highest BCUT2D eigenvalue weighted by molar-refractivity contribution is 5.87. The van der Waals surface area contributed by atoms with Gasteiger partial charge in [0.1, 0.15) is 17.5 Å². The van der Waals surface area contributed by atoms with Crippen molar-refractivity contribution in [3.8, 4) is 0 Å². The molecule has 2 unspecified atom stereocenters. The molecule has 0 bridgehead atoms. The molecule has 2 aromatic rings. The number of rotatable bonds is 2. The molecule has 0 spiro atoms. The quantitative estimate of drug-likeness (QED) is 0.855. The van der Waals surface area contributed by atoms with Crippen LogP contribution in [0, 0.1) is 12.8 Å². The largest absolute Gasteiger partial charge is 0.355 e. The van der Waals surface area contributed by atoms with Crippen molar-refractivity contribution in [3.63, 3.8) is 0 Å². The van der Waals surface area contributed by atoms with Crippen LogP contribution < -0.4 is 10.6 Å². The maximum absolute atomic E-state index is 5.97. The molecule has 0 aromatic carbocycles. The van der Waals surface area contributed by atoms with Gasteiger partial charge < -0.3 is 15.2 Å². The van der Waals surface area contributed by atoms with Gasteiger partial charge in [0.15, 0.2) is 0 Å². The first-order valence-electron chi connectivity index (χ1n) is 6.24. The fourth-order valence-electron chi connectivity index (χ4n) is 2.55. The van der Waals surface area contributed by atoms with Gasteiger partial charge in [-0.1, -0.05) is 5.16 Å². The lowest BCUT2D eigenvalue weighted by Crippen LogP contribution is -2.30. The van der Waals surface area contributed by atoms with E-state index in [0.717, 1.165) is 36.4 Å². The van der Waals surface area contributed by atoms with E-state index in [1.54, 1.807) is 0 Å². The van der Waals surface area contributed by atoms with Crippen LogP contribution in [0.5, 0.6) is 0 Å². The van der Waals surface area contributed by atoms with Gasteiger partial charge in [-0.25, -0.2) is 4.98 Å². The van der Waals surface area contributed by atoms with Crippen LogP contribution in [0.4, 0.5) is 5.82 Å². The first kappa shape index (κ1) is 11.4. The Morgan fingerprint density at radius 1 is 1.50 bits per heavy atom. The van der Waals surface area contributed by atoms with E-state index >= 15 is 0 Å². The average Bonchev–Trinajstić information content (AvgIpc) is 2.96. The average molecular weight is 247 g/mol. The second-order valence-electron chi connectivity index (χ2n) is 5.00. The van der Waals surface area contributed by atoms with Gasteiger partial charge in [0.25, 0.3) is 5.71 Å². The topological polar surface area (TPSA) is 81.1 Å². The molecular formula is C12H17N5O. The maximum atomic E-state index is 5.97. The Kier molecular flexibility index (Phi) is 2.66. The number of hydrogen-bond acceptors (Lipinski definition) is 6. The first-order valence-corrected chi connectivity index (χ1v) is 6.24. The van der Waals surface area contributed by atoms with Crippen molar-refractivity contribution in [1.29, 1.82) is 0 Å². The molecule has 2 aromatic heterocycles. The predicted molar refractivity (Wildman–Crippen MR) is 68.3 cm³/mol. The lowest BCUT2D eigenvalue weighted by molar-refractivity contribution is 0.442. The van der Waals surface area contributed by atoms with E-state index in [2.05, 4.69) is 26.9 Å². The molecule has 3 rings (SSSR count). The zero-order chi connectivity index (χ0) is 12.7. The molecule has 1 saturated heterocycles. The van der Waals surface area contributed by atoms with Crippen molar-refractivity contribution in [2.75, 3.05) is 18.0 Å². The van der Waals surface area contributed by atoms with Gasteiger partial charge in [0.2, 0.25) is 0 Å². The summed E-state index contributed by atoms with van der Waals surface area (Å²) in [6, 6.07) is 0.218. The standard InChI is InChI=1S/C12H17N5O/c1-7(13)9-3-4-17(5-9)11-10-8(2)16-18-12(10)15-6-14-11/h6-7,9H,3-5,13H2,1-2H3. The van der Waals surface area contributed by atoms with Crippen molar-refractivity contribution in [2.24, 2.45) is 11.7 Å². The number of hydrogen-bond donors (Lipinski definition) is 1. The van der Waals surface area contributed by atoms with Crippen LogP contribution in [0.3, 0.4) is 0 Å². The third kappa shape index (κ3) is 1.73. The number of nitrogens with zero attached hydrogens (tertiary/aromatic N) is 4. The van der Waals surface area contributed by atoms with E-state index in [1.807, 2.05) is 6.92 Å². The van der Waals surface area contributed by atoms with Crippen molar-refractivity contribution in [3.05, 3.63) is 12.0 Å². The number of fused-ring (bicyclic) bond motifs is 1. The van der Waals surface area contributed by atoms with Gasteiger partial charge in [-0.05, 0) is 26.2 Å². The fourth-order valence-corrected chi connectivity index (χ4v) is 2.55. The van der Waals surface area contributed by atoms with Crippen molar-refractivity contribution in [2.45, 2.75) is 26.3 Å². The molecule has 0 amide bonds. The van der Waals surface area contributed by atoms with Gasteiger partial charge in [0.05, 0.1) is 5.69 Å². The Bertz CT molecular complexity index is 565. The number of aryl methyl sites for hydroxylation is 1. The van der Waals surface area contributed by atoms with E-state index in [-0.39, 0.29) is 6.04 Å². The summed E-state index contributed by atoms with van der Waals surface area (Å²) in [5, 5.41) is 4.87. The van der Waals surface area contributed by atoms with Gasteiger partial charge in [-0.3, -0.25) is 0 Å². The molecule has 0 aliphatic carbocycles. The van der Waals surface area contributed by atoms with Crippen LogP contribution in [-0.4, -0.2) is 34.3 Å². The molecular weight excluding hydrogens is 230 g/mol. The Hall–Kier alpha value is -1.69. The zero-order valence-corrected chi connectivity index (χ0v) is 10.6. The SMILES string of the molecule is Cc1noc2ncnc(N3CCC(C(C)N)C3)c12. The Balaban J connectivity index is 1.98. The minimum absolute atomic E-state index is 0.218. The van der Waals surface area contributed by atoms with Gasteiger partial charge in [-0.2, -0.15) is 4.98 Å². The lowest BCUT2D eigenvalue weighted by Gasteiger charge is -2.19. The summed E-state index contributed by atoms with van der Waals surface area (Å²) in [5.41, 5.74) is 7.37. The summed E-state index contributed by atoms with van der Waals surface area (Å²) in [5.74, 6) is 1.44. The van der Waals surface area contributed by atoms with Crippen molar-refractivity contribution >= 4 is 16.9 Å². The Morgan fingerprint density at radius 2 is 2.33 bits per heavy atom. The van der Waals surface area contributed by atoms with Crippen LogP contribution in [0.15, 0.2) is 10.9 Å². The first-order chi connectivity index (χ1) is 8.66. The number of nitrogens with two attached hydrogens (primary N) is 1. The van der Waals surface area contributed by atoms with Crippen molar-refractivity contribution in [1.82, 2.24) is 15.1 Å². The second-order valence-corrected chi connectivity index (χ2v) is 5.00. The Morgan fingerprint density at radius 3 is 3.06 bits per heavy atom. The molecule has 18 heavy (non-hydrogen) atoms.